The first-order chi connectivity index (χ1) is 14.4. The second-order valence-corrected chi connectivity index (χ2v) is 7.54. The lowest BCUT2D eigenvalue weighted by molar-refractivity contribution is -0.162. The number of nitrogens with zero attached hydrogens (tertiary/aromatic N) is 3. The molecule has 154 valence electrons. The van der Waals surface area contributed by atoms with Crippen molar-refractivity contribution in [2.24, 2.45) is 16.8 Å². The van der Waals surface area contributed by atoms with E-state index >= 15 is 0 Å². The third-order valence-corrected chi connectivity index (χ3v) is 5.50. The van der Waals surface area contributed by atoms with Gasteiger partial charge in [0.1, 0.15) is 5.82 Å². The van der Waals surface area contributed by atoms with Crippen LogP contribution in [0.15, 0.2) is 65.8 Å². The van der Waals surface area contributed by atoms with Crippen LogP contribution in [0.3, 0.4) is 0 Å². The van der Waals surface area contributed by atoms with E-state index < -0.39 is 18.0 Å². The van der Waals surface area contributed by atoms with E-state index in [9.17, 15) is 13.2 Å². The fourth-order valence-corrected chi connectivity index (χ4v) is 4.06. The SMILES string of the molecule is Cc1ncc2c(N=CC(C3CCCC=C3c3ccccc3)C(F)(F)F)cccc2n1. The second kappa shape index (κ2) is 8.38. The van der Waals surface area contributed by atoms with Gasteiger partial charge < -0.3 is 0 Å². The van der Waals surface area contributed by atoms with E-state index in [1.165, 1.54) is 0 Å². The Hall–Kier alpha value is -3.02. The Morgan fingerprint density at radius 1 is 1.10 bits per heavy atom. The van der Waals surface area contributed by atoms with Gasteiger partial charge in [0.15, 0.2) is 0 Å². The van der Waals surface area contributed by atoms with Gasteiger partial charge in [-0.15, -0.1) is 0 Å². The zero-order chi connectivity index (χ0) is 21.1. The highest BCUT2D eigenvalue weighted by Crippen LogP contribution is 2.43. The van der Waals surface area contributed by atoms with Crippen LogP contribution in [0, 0.1) is 18.8 Å². The third kappa shape index (κ3) is 4.27. The van der Waals surface area contributed by atoms with E-state index in [1.54, 1.807) is 25.3 Å². The van der Waals surface area contributed by atoms with Crippen molar-refractivity contribution in [1.82, 2.24) is 9.97 Å². The Morgan fingerprint density at radius 3 is 2.67 bits per heavy atom. The fraction of sp³-hybridized carbons (Fsp3) is 0.292. The molecule has 0 radical (unpaired) electrons. The molecule has 4 rings (SSSR count). The van der Waals surface area contributed by atoms with Crippen LogP contribution in [0.5, 0.6) is 0 Å². The van der Waals surface area contributed by atoms with E-state index in [0.717, 1.165) is 30.2 Å². The molecule has 0 bridgehead atoms. The van der Waals surface area contributed by atoms with E-state index in [0.29, 0.717) is 28.8 Å². The maximum absolute atomic E-state index is 14.1. The molecule has 3 nitrogen and oxygen atoms in total. The first kappa shape index (κ1) is 20.3. The minimum Gasteiger partial charge on any atom is -0.260 e. The van der Waals surface area contributed by atoms with Crippen molar-refractivity contribution < 1.29 is 13.2 Å². The van der Waals surface area contributed by atoms with Crippen LogP contribution >= 0.6 is 0 Å². The smallest absolute Gasteiger partial charge is 0.260 e. The summed E-state index contributed by atoms with van der Waals surface area (Å²) in [5, 5.41) is 0.641. The van der Waals surface area contributed by atoms with Gasteiger partial charge in [-0.3, -0.25) is 4.99 Å². The summed E-state index contributed by atoms with van der Waals surface area (Å²) in [4.78, 5) is 12.8. The molecule has 0 N–H and O–H groups in total. The van der Waals surface area contributed by atoms with Gasteiger partial charge in [0.2, 0.25) is 0 Å². The van der Waals surface area contributed by atoms with Gasteiger partial charge in [-0.1, -0.05) is 42.5 Å². The molecule has 1 heterocycles. The summed E-state index contributed by atoms with van der Waals surface area (Å²) < 4.78 is 42.4. The van der Waals surface area contributed by atoms with E-state index in [1.807, 2.05) is 42.5 Å². The number of rotatable bonds is 4. The van der Waals surface area contributed by atoms with Crippen LogP contribution in [0.2, 0.25) is 0 Å². The number of allylic oxidation sites excluding steroid dienone is 2. The number of aromatic nitrogens is 2. The fourth-order valence-electron chi connectivity index (χ4n) is 4.06. The minimum absolute atomic E-state index is 0.447. The molecule has 1 aliphatic rings. The maximum atomic E-state index is 14.1. The van der Waals surface area contributed by atoms with Gasteiger partial charge in [0.05, 0.1) is 17.1 Å². The molecule has 0 saturated heterocycles. The number of aryl methyl sites for hydroxylation is 1. The summed E-state index contributed by atoms with van der Waals surface area (Å²) in [6.45, 7) is 1.77. The molecule has 0 amide bonds. The quantitative estimate of drug-likeness (QED) is 0.450. The summed E-state index contributed by atoms with van der Waals surface area (Å²) >= 11 is 0. The minimum atomic E-state index is -4.39. The van der Waals surface area contributed by atoms with Crippen molar-refractivity contribution >= 4 is 28.4 Å². The summed E-state index contributed by atoms with van der Waals surface area (Å²) in [6, 6.07) is 14.6. The first-order valence-corrected chi connectivity index (χ1v) is 10.0. The van der Waals surface area contributed by atoms with Crippen molar-refractivity contribution in [2.45, 2.75) is 32.4 Å². The van der Waals surface area contributed by atoms with Crippen LogP contribution in [-0.4, -0.2) is 22.4 Å². The average molecular weight is 409 g/mol. The van der Waals surface area contributed by atoms with Gasteiger partial charge in [-0.2, -0.15) is 13.2 Å². The Labute approximate surface area is 173 Å². The third-order valence-electron chi connectivity index (χ3n) is 5.50. The van der Waals surface area contributed by atoms with Crippen molar-refractivity contribution in [3.8, 4) is 0 Å². The molecule has 0 fully saturated rings. The molecule has 30 heavy (non-hydrogen) atoms. The normalized spacial score (nSPS) is 18.5. The molecule has 0 aliphatic heterocycles. The lowest BCUT2D eigenvalue weighted by Crippen LogP contribution is -2.33. The largest absolute Gasteiger partial charge is 0.397 e. The van der Waals surface area contributed by atoms with Crippen molar-refractivity contribution in [2.75, 3.05) is 0 Å². The zero-order valence-electron chi connectivity index (χ0n) is 16.6. The van der Waals surface area contributed by atoms with Crippen LogP contribution in [0.1, 0.15) is 30.7 Å². The van der Waals surface area contributed by atoms with E-state index in [4.69, 9.17) is 0 Å². The topological polar surface area (TPSA) is 38.1 Å². The number of hydrogen-bond acceptors (Lipinski definition) is 3. The zero-order valence-corrected chi connectivity index (χ0v) is 16.6. The van der Waals surface area contributed by atoms with Gasteiger partial charge in [0, 0.05) is 23.7 Å². The van der Waals surface area contributed by atoms with Crippen molar-refractivity contribution in [3.63, 3.8) is 0 Å². The standard InChI is InChI=1S/C24H22F3N3/c1-16-28-14-20-22(12-7-13-23(20)30-16)29-15-21(24(25,26)27)19-11-6-5-10-18(19)17-8-3-2-4-9-17/h2-4,7-10,12-15,19,21H,5-6,11H2,1H3. The summed E-state index contributed by atoms with van der Waals surface area (Å²) in [5.41, 5.74) is 2.72. The van der Waals surface area contributed by atoms with Gasteiger partial charge >= 0.3 is 6.18 Å². The number of aliphatic imine (C=N–C) groups is 1. The molecule has 0 spiro atoms. The molecular weight excluding hydrogens is 387 g/mol. The molecule has 0 saturated carbocycles. The number of halogens is 3. The maximum Gasteiger partial charge on any atom is 0.397 e. The first-order valence-electron chi connectivity index (χ1n) is 10.0. The Balaban J connectivity index is 1.72. The molecule has 1 aliphatic carbocycles. The molecule has 1 aromatic heterocycles. The highest BCUT2D eigenvalue weighted by molar-refractivity contribution is 5.91. The predicted molar refractivity (Wildman–Crippen MR) is 114 cm³/mol. The Kier molecular flexibility index (Phi) is 5.66. The highest BCUT2D eigenvalue weighted by atomic mass is 19.4. The van der Waals surface area contributed by atoms with E-state index in [2.05, 4.69) is 15.0 Å². The van der Waals surface area contributed by atoms with Gasteiger partial charge in [-0.25, -0.2) is 9.97 Å². The molecule has 6 heteroatoms. The second-order valence-electron chi connectivity index (χ2n) is 7.54. The molecule has 2 aromatic carbocycles. The average Bonchev–Trinajstić information content (AvgIpc) is 2.74. The highest BCUT2D eigenvalue weighted by Gasteiger charge is 2.45. The molecule has 2 unspecified atom stereocenters. The number of benzene rings is 2. The monoisotopic (exact) mass is 409 g/mol. The van der Waals surface area contributed by atoms with Crippen LogP contribution in [0.4, 0.5) is 18.9 Å². The predicted octanol–water partition coefficient (Wildman–Crippen LogP) is 6.70. The molecule has 2 atom stereocenters. The van der Waals surface area contributed by atoms with Crippen LogP contribution in [0.25, 0.3) is 16.5 Å². The summed E-state index contributed by atoms with van der Waals surface area (Å²) in [7, 11) is 0. The Morgan fingerprint density at radius 2 is 1.90 bits per heavy atom. The summed E-state index contributed by atoms with van der Waals surface area (Å²) in [6.07, 6.45) is 2.26. The number of fused-ring (bicyclic) bond motifs is 1. The summed E-state index contributed by atoms with van der Waals surface area (Å²) in [5.74, 6) is -1.71. The lowest BCUT2D eigenvalue weighted by atomic mass is 9.76. The van der Waals surface area contributed by atoms with Crippen LogP contribution in [-0.2, 0) is 0 Å². The van der Waals surface area contributed by atoms with Gasteiger partial charge in [0.25, 0.3) is 0 Å². The number of hydrogen-bond donors (Lipinski definition) is 0. The Bertz CT molecular complexity index is 1090. The lowest BCUT2D eigenvalue weighted by Gasteiger charge is -2.31. The molecular formula is C24H22F3N3. The van der Waals surface area contributed by atoms with Gasteiger partial charge in [-0.05, 0) is 49.5 Å². The van der Waals surface area contributed by atoms with E-state index in [-0.39, 0.29) is 0 Å². The molecule has 3 aromatic rings. The van der Waals surface area contributed by atoms with Crippen molar-refractivity contribution in [3.05, 3.63) is 72.2 Å². The van der Waals surface area contributed by atoms with Crippen LogP contribution < -0.4 is 0 Å². The van der Waals surface area contributed by atoms with Crippen molar-refractivity contribution in [1.29, 1.82) is 0 Å². The number of alkyl halides is 3.